The standard InChI is InChI=1S/C10H13NO4/c1-14-9(13)6-8(12)7-4-3-5-11-10(7)15-2/h3-5,8,12H,6H2,1-2H3. The van der Waals surface area contributed by atoms with E-state index in [1.54, 1.807) is 18.3 Å². The van der Waals surface area contributed by atoms with Crippen LogP contribution in [0.25, 0.3) is 0 Å². The number of aliphatic hydroxyl groups is 1. The van der Waals surface area contributed by atoms with Crippen molar-refractivity contribution in [2.45, 2.75) is 12.5 Å². The third-order valence-electron chi connectivity index (χ3n) is 1.94. The normalized spacial score (nSPS) is 11.9. The summed E-state index contributed by atoms with van der Waals surface area (Å²) in [6.07, 6.45) is 0.479. The number of nitrogens with zero attached hydrogens (tertiary/aromatic N) is 1. The number of esters is 1. The summed E-state index contributed by atoms with van der Waals surface area (Å²) in [5, 5.41) is 9.71. The molecular formula is C10H13NO4. The molecule has 0 aromatic carbocycles. The van der Waals surface area contributed by atoms with Gasteiger partial charge >= 0.3 is 5.97 Å². The lowest BCUT2D eigenvalue weighted by atomic mass is 10.1. The van der Waals surface area contributed by atoms with Crippen molar-refractivity contribution in [3.8, 4) is 5.88 Å². The van der Waals surface area contributed by atoms with Gasteiger partial charge < -0.3 is 14.6 Å². The van der Waals surface area contributed by atoms with Crippen LogP contribution in [-0.4, -0.2) is 30.3 Å². The largest absolute Gasteiger partial charge is 0.481 e. The lowest BCUT2D eigenvalue weighted by molar-refractivity contribution is -0.142. The van der Waals surface area contributed by atoms with E-state index in [2.05, 4.69) is 9.72 Å². The molecule has 1 rings (SSSR count). The summed E-state index contributed by atoms with van der Waals surface area (Å²) in [7, 11) is 2.73. The average molecular weight is 211 g/mol. The molecule has 1 atom stereocenters. The van der Waals surface area contributed by atoms with Gasteiger partial charge in [-0.2, -0.15) is 0 Å². The molecule has 0 amide bonds. The summed E-state index contributed by atoms with van der Waals surface area (Å²) in [6, 6.07) is 3.32. The van der Waals surface area contributed by atoms with Crippen LogP contribution in [0.15, 0.2) is 18.3 Å². The van der Waals surface area contributed by atoms with E-state index in [1.807, 2.05) is 0 Å². The van der Waals surface area contributed by atoms with Crippen LogP contribution in [0.4, 0.5) is 0 Å². The van der Waals surface area contributed by atoms with E-state index < -0.39 is 12.1 Å². The smallest absolute Gasteiger partial charge is 0.308 e. The molecule has 0 aliphatic carbocycles. The molecule has 0 aliphatic heterocycles. The average Bonchev–Trinajstić information content (AvgIpc) is 2.28. The van der Waals surface area contributed by atoms with Crippen molar-refractivity contribution >= 4 is 5.97 Å². The monoisotopic (exact) mass is 211 g/mol. The maximum absolute atomic E-state index is 11.0. The van der Waals surface area contributed by atoms with Crippen molar-refractivity contribution in [1.29, 1.82) is 0 Å². The first-order valence-electron chi connectivity index (χ1n) is 4.42. The molecule has 1 heterocycles. The van der Waals surface area contributed by atoms with Crippen LogP contribution in [0, 0.1) is 0 Å². The van der Waals surface area contributed by atoms with Gasteiger partial charge in [0.1, 0.15) is 0 Å². The number of aliphatic hydroxyl groups excluding tert-OH is 1. The predicted octanol–water partition coefficient (Wildman–Crippen LogP) is 0.687. The zero-order chi connectivity index (χ0) is 11.3. The second-order valence-corrected chi connectivity index (χ2v) is 2.90. The van der Waals surface area contributed by atoms with E-state index >= 15 is 0 Å². The van der Waals surface area contributed by atoms with Crippen molar-refractivity contribution in [2.75, 3.05) is 14.2 Å². The zero-order valence-electron chi connectivity index (χ0n) is 8.64. The van der Waals surface area contributed by atoms with Crippen LogP contribution in [0.1, 0.15) is 18.1 Å². The van der Waals surface area contributed by atoms with Gasteiger partial charge in [-0.1, -0.05) is 0 Å². The molecule has 1 unspecified atom stereocenters. The highest BCUT2D eigenvalue weighted by Gasteiger charge is 2.17. The van der Waals surface area contributed by atoms with Crippen LogP contribution >= 0.6 is 0 Å². The number of hydrogen-bond donors (Lipinski definition) is 1. The fourth-order valence-electron chi connectivity index (χ4n) is 1.18. The summed E-state index contributed by atoms with van der Waals surface area (Å²) < 4.78 is 9.41. The van der Waals surface area contributed by atoms with Crippen LogP contribution in [0.3, 0.4) is 0 Å². The van der Waals surface area contributed by atoms with Gasteiger partial charge in [0.2, 0.25) is 5.88 Å². The first-order chi connectivity index (χ1) is 7.19. The number of pyridine rings is 1. The summed E-state index contributed by atoms with van der Waals surface area (Å²) in [5.41, 5.74) is 0.477. The van der Waals surface area contributed by atoms with Gasteiger partial charge in [-0.05, 0) is 12.1 Å². The molecule has 82 valence electrons. The molecule has 5 nitrogen and oxygen atoms in total. The highest BCUT2D eigenvalue weighted by atomic mass is 16.5. The lowest BCUT2D eigenvalue weighted by Crippen LogP contribution is -2.09. The Labute approximate surface area is 87.7 Å². The number of methoxy groups -OCH3 is 2. The summed E-state index contributed by atoms with van der Waals surface area (Å²) >= 11 is 0. The van der Waals surface area contributed by atoms with Gasteiger partial charge in [-0.25, -0.2) is 4.98 Å². The number of carbonyl (C=O) groups excluding carboxylic acids is 1. The summed E-state index contributed by atoms with van der Waals surface area (Å²) in [6.45, 7) is 0. The molecular weight excluding hydrogens is 198 g/mol. The summed E-state index contributed by atoms with van der Waals surface area (Å²) in [5.74, 6) is -0.165. The third-order valence-corrected chi connectivity index (χ3v) is 1.94. The van der Waals surface area contributed by atoms with Crippen molar-refractivity contribution in [3.63, 3.8) is 0 Å². The van der Waals surface area contributed by atoms with E-state index in [-0.39, 0.29) is 6.42 Å². The Bertz CT molecular complexity index is 340. The van der Waals surface area contributed by atoms with Gasteiger partial charge in [-0.15, -0.1) is 0 Å². The Balaban J connectivity index is 2.80. The predicted molar refractivity (Wildman–Crippen MR) is 52.4 cm³/mol. The third kappa shape index (κ3) is 2.92. The second kappa shape index (κ2) is 5.31. The Morgan fingerprint density at radius 1 is 1.60 bits per heavy atom. The van der Waals surface area contributed by atoms with Gasteiger partial charge in [0.15, 0.2) is 0 Å². The molecule has 0 fully saturated rings. The molecule has 15 heavy (non-hydrogen) atoms. The number of aromatic nitrogens is 1. The lowest BCUT2D eigenvalue weighted by Gasteiger charge is -2.12. The first kappa shape index (κ1) is 11.5. The minimum absolute atomic E-state index is 0.113. The fraction of sp³-hybridized carbons (Fsp3) is 0.400. The van der Waals surface area contributed by atoms with Crippen LogP contribution in [0.5, 0.6) is 5.88 Å². The minimum atomic E-state index is -0.957. The number of ether oxygens (including phenoxy) is 2. The van der Waals surface area contributed by atoms with Crippen LogP contribution in [-0.2, 0) is 9.53 Å². The molecule has 0 saturated heterocycles. The number of rotatable bonds is 4. The Morgan fingerprint density at radius 2 is 2.33 bits per heavy atom. The molecule has 1 aromatic rings. The van der Waals surface area contributed by atoms with Gasteiger partial charge in [0.25, 0.3) is 0 Å². The molecule has 0 aliphatic rings. The van der Waals surface area contributed by atoms with E-state index in [1.165, 1.54) is 14.2 Å². The van der Waals surface area contributed by atoms with Crippen molar-refractivity contribution in [1.82, 2.24) is 4.98 Å². The highest BCUT2D eigenvalue weighted by molar-refractivity contribution is 5.70. The van der Waals surface area contributed by atoms with E-state index in [4.69, 9.17) is 4.74 Å². The first-order valence-corrected chi connectivity index (χ1v) is 4.42. The zero-order valence-corrected chi connectivity index (χ0v) is 8.64. The van der Waals surface area contributed by atoms with Crippen LogP contribution in [0.2, 0.25) is 0 Å². The number of hydrogen-bond acceptors (Lipinski definition) is 5. The van der Waals surface area contributed by atoms with Gasteiger partial charge in [0.05, 0.1) is 26.7 Å². The van der Waals surface area contributed by atoms with Crippen molar-refractivity contribution in [3.05, 3.63) is 23.9 Å². The maximum atomic E-state index is 11.0. The molecule has 0 saturated carbocycles. The number of carbonyl (C=O) groups is 1. The van der Waals surface area contributed by atoms with Gasteiger partial charge in [0, 0.05) is 11.8 Å². The van der Waals surface area contributed by atoms with Gasteiger partial charge in [-0.3, -0.25) is 4.79 Å². The quantitative estimate of drug-likeness (QED) is 0.742. The van der Waals surface area contributed by atoms with Crippen LogP contribution < -0.4 is 4.74 Å². The molecule has 0 spiro atoms. The van der Waals surface area contributed by atoms with E-state index in [0.717, 1.165) is 0 Å². The fourth-order valence-corrected chi connectivity index (χ4v) is 1.18. The Hall–Kier alpha value is -1.62. The van der Waals surface area contributed by atoms with Crippen molar-refractivity contribution < 1.29 is 19.4 Å². The minimum Gasteiger partial charge on any atom is -0.481 e. The Kier molecular flexibility index (Phi) is 4.05. The van der Waals surface area contributed by atoms with E-state index in [9.17, 15) is 9.90 Å². The molecule has 0 bridgehead atoms. The molecule has 5 heteroatoms. The summed E-state index contributed by atoms with van der Waals surface area (Å²) in [4.78, 5) is 14.9. The topological polar surface area (TPSA) is 68.7 Å². The second-order valence-electron chi connectivity index (χ2n) is 2.90. The van der Waals surface area contributed by atoms with E-state index in [0.29, 0.717) is 11.4 Å². The molecule has 1 N–H and O–H groups in total. The molecule has 1 aromatic heterocycles. The highest BCUT2D eigenvalue weighted by Crippen LogP contribution is 2.24. The maximum Gasteiger partial charge on any atom is 0.308 e. The SMILES string of the molecule is COC(=O)CC(O)c1cccnc1OC. The van der Waals surface area contributed by atoms with Crippen molar-refractivity contribution in [2.24, 2.45) is 0 Å². The Morgan fingerprint density at radius 3 is 2.93 bits per heavy atom. The molecule has 0 radical (unpaired) electrons.